The molecule has 1 aromatic rings. The lowest BCUT2D eigenvalue weighted by Crippen LogP contribution is -2.29. The number of hydrogen-bond donors (Lipinski definition) is 0. The highest BCUT2D eigenvalue weighted by Crippen LogP contribution is 2.33. The number of esters is 3. The van der Waals surface area contributed by atoms with Gasteiger partial charge in [0.1, 0.15) is 11.3 Å². The van der Waals surface area contributed by atoms with E-state index >= 15 is 0 Å². The molecule has 8 heteroatoms. The maximum Gasteiger partial charge on any atom is 0.337 e. The largest absolute Gasteiger partial charge is 0.469 e. The molecule has 1 aliphatic rings. The van der Waals surface area contributed by atoms with Crippen LogP contribution in [0.3, 0.4) is 0 Å². The van der Waals surface area contributed by atoms with Crippen LogP contribution in [-0.4, -0.2) is 49.6 Å². The number of carbonyl (C=O) groups excluding carboxylic acids is 3. The molecule has 0 spiro atoms. The average molecular weight is 322 g/mol. The first-order valence-corrected chi connectivity index (χ1v) is 7.64. The molecule has 1 unspecified atom stereocenters. The molecule has 0 bridgehead atoms. The van der Waals surface area contributed by atoms with Crippen LogP contribution >= 0.6 is 11.8 Å². The summed E-state index contributed by atoms with van der Waals surface area (Å²) in [4.78, 5) is 34.9. The van der Waals surface area contributed by atoms with Crippen LogP contribution in [-0.2, 0) is 23.8 Å². The average Bonchev–Trinajstić information content (AvgIpc) is 2.89. The molecule has 0 amide bonds. The normalized spacial score (nSPS) is 21.8. The van der Waals surface area contributed by atoms with E-state index in [1.54, 1.807) is 38.2 Å². The summed E-state index contributed by atoms with van der Waals surface area (Å²) in [7, 11) is 2.90. The second kappa shape index (κ2) is 7.35. The Balaban J connectivity index is 1.91. The summed E-state index contributed by atoms with van der Waals surface area (Å²) in [6.07, 6.45) is -0.0597. The predicted octanol–water partition coefficient (Wildman–Crippen LogP) is 0.350. The SMILES string of the molecule is B[C@H](OC(=O)c1ccccc1)C1OC(=O)[C@H](CC(=O)OC)S1. The summed E-state index contributed by atoms with van der Waals surface area (Å²) in [6, 6.07) is 7.93. The van der Waals surface area contributed by atoms with E-state index < -0.39 is 34.6 Å². The van der Waals surface area contributed by atoms with Gasteiger partial charge in [-0.05, 0) is 12.1 Å². The number of carbonyl (C=O) groups is 3. The minimum absolute atomic E-state index is 0.0597. The summed E-state index contributed by atoms with van der Waals surface area (Å²) in [5.74, 6) is -1.46. The zero-order valence-electron chi connectivity index (χ0n) is 12.2. The van der Waals surface area contributed by atoms with E-state index in [9.17, 15) is 14.4 Å². The monoisotopic (exact) mass is 322 g/mol. The molecule has 116 valence electrons. The Morgan fingerprint density at radius 3 is 2.68 bits per heavy atom. The Morgan fingerprint density at radius 1 is 1.36 bits per heavy atom. The lowest BCUT2D eigenvalue weighted by Gasteiger charge is -2.18. The van der Waals surface area contributed by atoms with Gasteiger partial charge in [-0.15, -0.1) is 0 Å². The smallest absolute Gasteiger partial charge is 0.337 e. The van der Waals surface area contributed by atoms with Crippen LogP contribution in [0.1, 0.15) is 16.8 Å². The predicted molar refractivity (Wildman–Crippen MR) is 82.1 cm³/mol. The molecule has 1 fully saturated rings. The first-order chi connectivity index (χ1) is 10.5. The van der Waals surface area contributed by atoms with Crippen molar-refractivity contribution in [2.24, 2.45) is 0 Å². The number of ether oxygens (including phenoxy) is 3. The Hall–Kier alpha value is -1.96. The zero-order chi connectivity index (χ0) is 16.1. The van der Waals surface area contributed by atoms with Crippen molar-refractivity contribution in [1.29, 1.82) is 0 Å². The molecular formula is C14H15BO6S. The Kier molecular flexibility index (Phi) is 5.49. The summed E-state index contributed by atoms with van der Waals surface area (Å²) in [5.41, 5.74) is -0.204. The van der Waals surface area contributed by atoms with Crippen molar-refractivity contribution in [3.05, 3.63) is 35.9 Å². The maximum atomic E-state index is 12.0. The quantitative estimate of drug-likeness (QED) is 0.440. The van der Waals surface area contributed by atoms with Crippen molar-refractivity contribution < 1.29 is 28.6 Å². The number of methoxy groups -OCH3 is 1. The number of hydrogen-bond acceptors (Lipinski definition) is 7. The Labute approximate surface area is 132 Å². The fourth-order valence-electron chi connectivity index (χ4n) is 1.87. The molecule has 6 nitrogen and oxygen atoms in total. The molecule has 0 N–H and O–H groups in total. The number of cyclic esters (lactones) is 1. The second-order valence-electron chi connectivity index (χ2n) is 4.69. The summed E-state index contributed by atoms with van der Waals surface area (Å²) in [6.45, 7) is 0. The van der Waals surface area contributed by atoms with Gasteiger partial charge in [0.05, 0.1) is 19.1 Å². The van der Waals surface area contributed by atoms with Crippen LogP contribution < -0.4 is 0 Å². The fourth-order valence-corrected chi connectivity index (χ4v) is 3.02. The van der Waals surface area contributed by atoms with Crippen LogP contribution in [0.5, 0.6) is 0 Å². The van der Waals surface area contributed by atoms with Gasteiger partial charge >= 0.3 is 17.9 Å². The van der Waals surface area contributed by atoms with E-state index in [0.717, 1.165) is 11.8 Å². The van der Waals surface area contributed by atoms with Gasteiger partial charge in [-0.1, -0.05) is 30.0 Å². The van der Waals surface area contributed by atoms with Crippen LogP contribution in [0.4, 0.5) is 0 Å². The number of rotatable bonds is 5. The Bertz CT molecular complexity index is 564. The minimum Gasteiger partial charge on any atom is -0.469 e. The van der Waals surface area contributed by atoms with Crippen molar-refractivity contribution in [3.63, 3.8) is 0 Å². The molecule has 1 saturated heterocycles. The fraction of sp³-hybridized carbons (Fsp3) is 0.357. The van der Waals surface area contributed by atoms with Gasteiger partial charge in [0.2, 0.25) is 0 Å². The molecule has 0 radical (unpaired) electrons. The summed E-state index contributed by atoms with van der Waals surface area (Å²) in [5, 5.41) is -0.629. The van der Waals surface area contributed by atoms with Gasteiger partial charge in [-0.3, -0.25) is 9.59 Å². The van der Waals surface area contributed by atoms with Gasteiger partial charge in [0.25, 0.3) is 0 Å². The summed E-state index contributed by atoms with van der Waals surface area (Å²) >= 11 is 1.16. The molecule has 0 aromatic heterocycles. The first kappa shape index (κ1) is 16.4. The standard InChI is InChI=1S/C14H15BO6S/c1-19-10(16)7-9-13(18)21-14(22-9)11(15)20-12(17)8-5-3-2-4-6-8/h2-6,9,11,14H,7,15H2,1H3/t9-,11+,14?/m0/s1. The molecule has 0 saturated carbocycles. The minimum atomic E-state index is -0.630. The topological polar surface area (TPSA) is 78.9 Å². The van der Waals surface area contributed by atoms with Crippen LogP contribution in [0.25, 0.3) is 0 Å². The zero-order valence-corrected chi connectivity index (χ0v) is 13.0. The first-order valence-electron chi connectivity index (χ1n) is 6.70. The van der Waals surface area contributed by atoms with Crippen LogP contribution in [0, 0.1) is 0 Å². The second-order valence-corrected chi connectivity index (χ2v) is 5.99. The van der Waals surface area contributed by atoms with E-state index in [-0.39, 0.29) is 6.42 Å². The highest BCUT2D eigenvalue weighted by molar-refractivity contribution is 8.01. The van der Waals surface area contributed by atoms with Gasteiger partial charge in [-0.2, -0.15) is 0 Å². The number of benzene rings is 1. The molecule has 1 heterocycles. The lowest BCUT2D eigenvalue weighted by molar-refractivity contribution is -0.148. The van der Waals surface area contributed by atoms with E-state index in [1.165, 1.54) is 7.11 Å². The van der Waals surface area contributed by atoms with Crippen molar-refractivity contribution >= 4 is 37.5 Å². The van der Waals surface area contributed by atoms with E-state index in [1.807, 2.05) is 0 Å². The lowest BCUT2D eigenvalue weighted by atomic mass is 10.0. The van der Waals surface area contributed by atoms with E-state index in [4.69, 9.17) is 9.47 Å². The highest BCUT2D eigenvalue weighted by Gasteiger charge is 2.40. The van der Waals surface area contributed by atoms with Crippen molar-refractivity contribution in [3.8, 4) is 0 Å². The number of thioether (sulfide) groups is 1. The molecule has 2 rings (SSSR count). The summed E-state index contributed by atoms with van der Waals surface area (Å²) < 4.78 is 15.0. The van der Waals surface area contributed by atoms with Crippen LogP contribution in [0.15, 0.2) is 30.3 Å². The van der Waals surface area contributed by atoms with Crippen molar-refractivity contribution in [2.75, 3.05) is 7.11 Å². The van der Waals surface area contributed by atoms with Crippen molar-refractivity contribution in [1.82, 2.24) is 0 Å². The van der Waals surface area contributed by atoms with E-state index in [2.05, 4.69) is 4.74 Å². The third kappa shape index (κ3) is 4.04. The van der Waals surface area contributed by atoms with Gasteiger partial charge in [-0.25, -0.2) is 4.79 Å². The van der Waals surface area contributed by atoms with E-state index in [0.29, 0.717) is 5.56 Å². The molecule has 3 atom stereocenters. The Morgan fingerprint density at radius 2 is 2.05 bits per heavy atom. The highest BCUT2D eigenvalue weighted by atomic mass is 32.2. The maximum absolute atomic E-state index is 12.0. The molecule has 1 aromatic carbocycles. The molecule has 0 aliphatic carbocycles. The van der Waals surface area contributed by atoms with Gasteiger partial charge in [0.15, 0.2) is 13.3 Å². The molecule has 22 heavy (non-hydrogen) atoms. The molecule has 1 aliphatic heterocycles. The molecular weight excluding hydrogens is 307 g/mol. The van der Waals surface area contributed by atoms with Crippen LogP contribution in [0.2, 0.25) is 0 Å². The van der Waals surface area contributed by atoms with Gasteiger partial charge < -0.3 is 14.2 Å². The van der Waals surface area contributed by atoms with Gasteiger partial charge in [0, 0.05) is 0 Å². The van der Waals surface area contributed by atoms with Crippen molar-refractivity contribution in [2.45, 2.75) is 23.1 Å². The third-order valence-corrected chi connectivity index (χ3v) is 4.49. The third-order valence-electron chi connectivity index (χ3n) is 3.06.